The molecule has 4 nitrogen and oxygen atoms in total. The van der Waals surface area contributed by atoms with Gasteiger partial charge in [-0.3, -0.25) is 14.6 Å². The third-order valence-corrected chi connectivity index (χ3v) is 4.04. The molecule has 1 heterocycles. The normalized spacial score (nSPS) is 11.8. The number of carbonyl (C=O) groups is 2. The zero-order valence-corrected chi connectivity index (χ0v) is 14.8. The largest absolute Gasteiger partial charge is 0.325 e. The summed E-state index contributed by atoms with van der Waals surface area (Å²) in [4.78, 5) is 29.0. The summed E-state index contributed by atoms with van der Waals surface area (Å²) in [5.74, 6) is -0.393. The van der Waals surface area contributed by atoms with E-state index in [0.717, 1.165) is 17.3 Å². The lowest BCUT2D eigenvalue weighted by molar-refractivity contribution is -0.119. The fourth-order valence-electron chi connectivity index (χ4n) is 2.27. The molecule has 0 radical (unpaired) electrons. The Kier molecular flexibility index (Phi) is 6.04. The molecule has 0 spiro atoms. The first-order valence-electron chi connectivity index (χ1n) is 7.59. The van der Waals surface area contributed by atoms with E-state index in [0.29, 0.717) is 16.9 Å². The second-order valence-electron chi connectivity index (χ2n) is 5.41. The minimum atomic E-state index is -0.217. The number of nitrogens with one attached hydrogen (secondary N) is 1. The van der Waals surface area contributed by atoms with Gasteiger partial charge in [-0.2, -0.15) is 0 Å². The van der Waals surface area contributed by atoms with Gasteiger partial charge in [0, 0.05) is 22.2 Å². The van der Waals surface area contributed by atoms with E-state index in [9.17, 15) is 9.59 Å². The van der Waals surface area contributed by atoms with Crippen molar-refractivity contribution in [2.75, 3.05) is 5.32 Å². The van der Waals surface area contributed by atoms with Crippen molar-refractivity contribution >= 4 is 33.3 Å². The monoisotopic (exact) mass is 374 g/mol. The van der Waals surface area contributed by atoms with E-state index in [1.807, 2.05) is 13.8 Å². The van der Waals surface area contributed by atoms with Gasteiger partial charge in [-0.1, -0.05) is 42.3 Å². The number of hydrogen-bond acceptors (Lipinski definition) is 3. The average molecular weight is 375 g/mol. The van der Waals surface area contributed by atoms with Gasteiger partial charge in [-0.05, 0) is 36.8 Å². The van der Waals surface area contributed by atoms with Crippen molar-refractivity contribution in [3.8, 4) is 0 Å². The Labute approximate surface area is 144 Å². The Morgan fingerprint density at radius 1 is 1.26 bits per heavy atom. The Bertz CT molecular complexity index is 701. The van der Waals surface area contributed by atoms with Gasteiger partial charge >= 0.3 is 0 Å². The smallest absolute Gasteiger partial charge is 0.227 e. The van der Waals surface area contributed by atoms with Crippen LogP contribution in [0.1, 0.15) is 42.7 Å². The summed E-state index contributed by atoms with van der Waals surface area (Å²) in [7, 11) is 0. The summed E-state index contributed by atoms with van der Waals surface area (Å²) < 4.78 is 0.774. The first-order valence-corrected chi connectivity index (χ1v) is 8.38. The predicted molar refractivity (Wildman–Crippen MR) is 94.5 cm³/mol. The molecule has 2 rings (SSSR count). The van der Waals surface area contributed by atoms with E-state index in [4.69, 9.17) is 0 Å². The minimum Gasteiger partial charge on any atom is -0.325 e. The van der Waals surface area contributed by atoms with E-state index in [2.05, 4.69) is 26.2 Å². The van der Waals surface area contributed by atoms with Gasteiger partial charge in [-0.15, -0.1) is 0 Å². The highest BCUT2D eigenvalue weighted by molar-refractivity contribution is 9.10. The van der Waals surface area contributed by atoms with Crippen LogP contribution in [-0.2, 0) is 4.79 Å². The number of pyridine rings is 1. The molecule has 0 saturated carbocycles. The summed E-state index contributed by atoms with van der Waals surface area (Å²) in [6.45, 7) is 3.93. The Balaban J connectivity index is 2.31. The van der Waals surface area contributed by atoms with Crippen molar-refractivity contribution in [1.29, 1.82) is 0 Å². The van der Waals surface area contributed by atoms with Gasteiger partial charge in [0.15, 0.2) is 0 Å². The first kappa shape index (κ1) is 17.3. The quantitative estimate of drug-likeness (QED) is 0.759. The molecule has 0 aliphatic heterocycles. The predicted octanol–water partition coefficient (Wildman–Crippen LogP) is 4.45. The number of ketones is 1. The molecule has 1 amide bonds. The van der Waals surface area contributed by atoms with Crippen LogP contribution in [0.5, 0.6) is 0 Å². The fourth-order valence-corrected chi connectivity index (χ4v) is 2.63. The van der Waals surface area contributed by atoms with Gasteiger partial charge in [0.1, 0.15) is 5.69 Å². The number of halogens is 1. The maximum atomic E-state index is 12.7. The second kappa shape index (κ2) is 8.02. The zero-order chi connectivity index (χ0) is 16.8. The molecule has 0 saturated heterocycles. The van der Waals surface area contributed by atoms with Gasteiger partial charge < -0.3 is 5.32 Å². The molecule has 0 fully saturated rings. The highest BCUT2D eigenvalue weighted by Crippen LogP contribution is 2.24. The number of anilines is 1. The molecule has 1 aromatic carbocycles. The second-order valence-corrected chi connectivity index (χ2v) is 6.33. The van der Waals surface area contributed by atoms with Gasteiger partial charge in [0.05, 0.1) is 5.69 Å². The standard InChI is InChI=1S/C18H19BrN2O2/c1-3-6-12(2)18(23)21-15-9-8-13(19)11-14(15)17(22)16-7-4-5-10-20-16/h4-5,7-12H,3,6H2,1-2H3,(H,21,23)/t12-/m0/s1. The third-order valence-electron chi connectivity index (χ3n) is 3.55. The summed E-state index contributed by atoms with van der Waals surface area (Å²) in [6.07, 6.45) is 3.33. The first-order chi connectivity index (χ1) is 11.0. The molecule has 23 heavy (non-hydrogen) atoms. The maximum absolute atomic E-state index is 12.7. The SMILES string of the molecule is CCC[C@H](C)C(=O)Nc1ccc(Br)cc1C(=O)c1ccccn1. The maximum Gasteiger partial charge on any atom is 0.227 e. The number of rotatable bonds is 6. The van der Waals surface area contributed by atoms with Gasteiger partial charge in [0.25, 0.3) is 0 Å². The lowest BCUT2D eigenvalue weighted by Gasteiger charge is -2.14. The van der Waals surface area contributed by atoms with E-state index in [-0.39, 0.29) is 17.6 Å². The number of hydrogen-bond donors (Lipinski definition) is 1. The van der Waals surface area contributed by atoms with Gasteiger partial charge in [0.2, 0.25) is 11.7 Å². The van der Waals surface area contributed by atoms with E-state index in [1.165, 1.54) is 0 Å². The molecular formula is C18H19BrN2O2. The topological polar surface area (TPSA) is 59.1 Å². The molecule has 0 bridgehead atoms. The number of carbonyl (C=O) groups excluding carboxylic acids is 2. The van der Waals surface area contributed by atoms with Crippen molar-refractivity contribution in [2.24, 2.45) is 5.92 Å². The highest BCUT2D eigenvalue weighted by Gasteiger charge is 2.19. The highest BCUT2D eigenvalue weighted by atomic mass is 79.9. The fraction of sp³-hybridized carbons (Fsp3) is 0.278. The van der Waals surface area contributed by atoms with Crippen molar-refractivity contribution in [1.82, 2.24) is 4.98 Å². The molecule has 0 aliphatic rings. The van der Waals surface area contributed by atoms with Crippen LogP contribution in [0.2, 0.25) is 0 Å². The van der Waals surface area contributed by atoms with Crippen LogP contribution in [0.4, 0.5) is 5.69 Å². The molecule has 0 unspecified atom stereocenters. The molecule has 1 aromatic heterocycles. The third kappa shape index (κ3) is 4.48. The number of nitrogens with zero attached hydrogens (tertiary/aromatic N) is 1. The van der Waals surface area contributed by atoms with Crippen LogP contribution < -0.4 is 5.32 Å². The van der Waals surface area contributed by atoms with Crippen molar-refractivity contribution < 1.29 is 9.59 Å². The van der Waals surface area contributed by atoms with Crippen LogP contribution in [0.3, 0.4) is 0 Å². The Morgan fingerprint density at radius 2 is 2.04 bits per heavy atom. The lowest BCUT2D eigenvalue weighted by Crippen LogP contribution is -2.22. The average Bonchev–Trinajstić information content (AvgIpc) is 2.56. The van der Waals surface area contributed by atoms with Gasteiger partial charge in [-0.25, -0.2) is 0 Å². The van der Waals surface area contributed by atoms with E-state index < -0.39 is 0 Å². The Hall–Kier alpha value is -2.01. The van der Waals surface area contributed by atoms with Crippen LogP contribution in [0.15, 0.2) is 47.1 Å². The molecule has 0 aliphatic carbocycles. The van der Waals surface area contributed by atoms with Crippen LogP contribution >= 0.6 is 15.9 Å². The molecule has 1 N–H and O–H groups in total. The van der Waals surface area contributed by atoms with Crippen LogP contribution in [0, 0.1) is 5.92 Å². The van der Waals surface area contributed by atoms with Crippen LogP contribution in [0.25, 0.3) is 0 Å². The number of benzene rings is 1. The molecule has 1 atom stereocenters. The van der Waals surface area contributed by atoms with Crippen molar-refractivity contribution in [2.45, 2.75) is 26.7 Å². The molecule has 5 heteroatoms. The number of aromatic nitrogens is 1. The lowest BCUT2D eigenvalue weighted by atomic mass is 10.0. The van der Waals surface area contributed by atoms with E-state index in [1.54, 1.807) is 42.6 Å². The molecule has 2 aromatic rings. The summed E-state index contributed by atoms with van der Waals surface area (Å²) in [6, 6.07) is 10.4. The minimum absolute atomic E-state index is 0.0794. The van der Waals surface area contributed by atoms with Crippen molar-refractivity contribution in [3.05, 3.63) is 58.3 Å². The summed E-state index contributed by atoms with van der Waals surface area (Å²) in [5.41, 5.74) is 1.29. The van der Waals surface area contributed by atoms with E-state index >= 15 is 0 Å². The molecular weight excluding hydrogens is 356 g/mol. The Morgan fingerprint density at radius 3 is 2.70 bits per heavy atom. The zero-order valence-electron chi connectivity index (χ0n) is 13.2. The summed E-state index contributed by atoms with van der Waals surface area (Å²) in [5, 5.41) is 2.86. The summed E-state index contributed by atoms with van der Waals surface area (Å²) >= 11 is 3.37. The molecule has 120 valence electrons. The van der Waals surface area contributed by atoms with Crippen LogP contribution in [-0.4, -0.2) is 16.7 Å². The number of amides is 1. The van der Waals surface area contributed by atoms with Crippen molar-refractivity contribution in [3.63, 3.8) is 0 Å².